The van der Waals surface area contributed by atoms with Crippen molar-refractivity contribution in [3.8, 4) is 5.75 Å². The molecule has 0 saturated carbocycles. The number of nitrogens with one attached hydrogen (secondary N) is 1. The lowest BCUT2D eigenvalue weighted by atomic mass is 9.80. The van der Waals surface area contributed by atoms with Gasteiger partial charge < -0.3 is 14.8 Å². The topological polar surface area (TPSA) is 64.6 Å². The Morgan fingerprint density at radius 3 is 2.42 bits per heavy atom. The monoisotopic (exact) mass is 613 g/mol. The van der Waals surface area contributed by atoms with Crippen LogP contribution in [0.1, 0.15) is 39.9 Å². The van der Waals surface area contributed by atoms with Crippen LogP contribution < -0.4 is 10.1 Å². The van der Waals surface area contributed by atoms with E-state index in [-0.39, 0.29) is 5.78 Å². The quantitative estimate of drug-likeness (QED) is 0.199. The van der Waals surface area contributed by atoms with E-state index in [1.807, 2.05) is 61.5 Å². The molecule has 1 aliphatic carbocycles. The molecule has 4 aromatic rings. The van der Waals surface area contributed by atoms with Crippen molar-refractivity contribution < 1.29 is 19.1 Å². The molecule has 188 valence electrons. The summed E-state index contributed by atoms with van der Waals surface area (Å²) in [6.07, 6.45) is 0. The summed E-state index contributed by atoms with van der Waals surface area (Å²) in [6.45, 7) is 2.28. The number of ether oxygens (including phenoxy) is 2. The number of hydrogen-bond donors (Lipinski definition) is 1. The van der Waals surface area contributed by atoms with E-state index in [1.54, 1.807) is 0 Å². The van der Waals surface area contributed by atoms with Crippen molar-refractivity contribution in [2.45, 2.75) is 19.4 Å². The number of Topliss-reactive ketones (excluding diaryl/α,β-unsaturated/α-hetero) is 1. The van der Waals surface area contributed by atoms with Gasteiger partial charge in [-0.1, -0.05) is 66.7 Å². The van der Waals surface area contributed by atoms with Crippen LogP contribution in [0.25, 0.3) is 16.5 Å². The number of halogens is 1. The fourth-order valence-corrected chi connectivity index (χ4v) is 6.04. The van der Waals surface area contributed by atoms with Crippen molar-refractivity contribution in [2.75, 3.05) is 7.11 Å². The Kier molecular flexibility index (Phi) is 6.27. The van der Waals surface area contributed by atoms with Crippen LogP contribution in [-0.4, -0.2) is 18.9 Å². The SMILES string of the molecule is COC(=O)C1=C(C)NC2=C(C(=O)c3ccccc32)[C@@H]1c1ccc(OCc2ccc3ccccc3c2)c(I)c1. The molecule has 0 fully saturated rings. The van der Waals surface area contributed by atoms with Crippen molar-refractivity contribution in [2.24, 2.45) is 0 Å². The minimum absolute atomic E-state index is 0.0753. The fraction of sp³-hybridized carbons (Fsp3) is 0.125. The molecule has 1 N–H and O–H groups in total. The average molecular weight is 613 g/mol. The highest BCUT2D eigenvalue weighted by Crippen LogP contribution is 2.47. The first-order chi connectivity index (χ1) is 18.5. The van der Waals surface area contributed by atoms with E-state index in [0.717, 1.165) is 31.7 Å². The highest BCUT2D eigenvalue weighted by Gasteiger charge is 2.42. The fourth-order valence-electron chi connectivity index (χ4n) is 5.35. The molecular weight excluding hydrogens is 589 g/mol. The van der Waals surface area contributed by atoms with Crippen LogP contribution in [0.2, 0.25) is 0 Å². The number of carbonyl (C=O) groups excluding carboxylic acids is 2. The second kappa shape index (κ2) is 9.76. The Bertz CT molecular complexity index is 1700. The van der Waals surface area contributed by atoms with E-state index in [0.29, 0.717) is 29.0 Å². The van der Waals surface area contributed by atoms with Gasteiger partial charge in [0, 0.05) is 28.3 Å². The largest absolute Gasteiger partial charge is 0.488 e. The Labute approximate surface area is 234 Å². The van der Waals surface area contributed by atoms with Crippen LogP contribution in [0, 0.1) is 3.57 Å². The summed E-state index contributed by atoms with van der Waals surface area (Å²) >= 11 is 2.25. The third-order valence-corrected chi connectivity index (χ3v) is 7.99. The van der Waals surface area contributed by atoms with Crippen LogP contribution in [0.5, 0.6) is 5.75 Å². The number of methoxy groups -OCH3 is 1. The third-order valence-electron chi connectivity index (χ3n) is 7.15. The molecule has 38 heavy (non-hydrogen) atoms. The molecule has 0 aromatic heterocycles. The number of carbonyl (C=O) groups is 2. The predicted molar refractivity (Wildman–Crippen MR) is 156 cm³/mol. The standard InChI is InChI=1S/C32H24INO4/c1-18-27(32(36)37-2)28(29-30(34-18)23-9-5-6-10-24(23)31(29)35)22-13-14-26(25(33)16-22)38-17-19-11-12-20-7-3-4-8-21(20)15-19/h3-16,28,34H,17H2,1-2H3/t28-/m1/s1. The van der Waals surface area contributed by atoms with Gasteiger partial charge in [-0.25, -0.2) is 4.79 Å². The van der Waals surface area contributed by atoms with Crippen molar-refractivity contribution in [3.63, 3.8) is 0 Å². The Balaban J connectivity index is 1.35. The number of dihydropyridines is 1. The van der Waals surface area contributed by atoms with Gasteiger partial charge in [-0.2, -0.15) is 0 Å². The first-order valence-corrected chi connectivity index (χ1v) is 13.4. The Morgan fingerprint density at radius 2 is 1.66 bits per heavy atom. The molecular formula is C32H24INO4. The maximum Gasteiger partial charge on any atom is 0.336 e. The number of ketones is 1. The number of fused-ring (bicyclic) bond motifs is 3. The highest BCUT2D eigenvalue weighted by atomic mass is 127. The van der Waals surface area contributed by atoms with Gasteiger partial charge in [-0.15, -0.1) is 0 Å². The Morgan fingerprint density at radius 1 is 0.921 bits per heavy atom. The van der Waals surface area contributed by atoms with Crippen molar-refractivity contribution >= 4 is 50.8 Å². The molecule has 0 radical (unpaired) electrons. The minimum Gasteiger partial charge on any atom is -0.488 e. The molecule has 4 aromatic carbocycles. The summed E-state index contributed by atoms with van der Waals surface area (Å²) in [5.41, 5.74) is 5.85. The minimum atomic E-state index is -0.554. The van der Waals surface area contributed by atoms with Gasteiger partial charge in [0.05, 0.1) is 22.0 Å². The second-order valence-corrected chi connectivity index (χ2v) is 10.6. The molecule has 0 spiro atoms. The number of hydrogen-bond acceptors (Lipinski definition) is 5. The van der Waals surface area contributed by atoms with Crippen molar-refractivity contribution in [1.29, 1.82) is 0 Å². The molecule has 1 aliphatic heterocycles. The van der Waals surface area contributed by atoms with E-state index < -0.39 is 11.9 Å². The molecule has 6 heteroatoms. The van der Waals surface area contributed by atoms with Crippen LogP contribution in [0.3, 0.4) is 0 Å². The summed E-state index contributed by atoms with van der Waals surface area (Å²) in [6, 6.07) is 27.9. The lowest BCUT2D eigenvalue weighted by molar-refractivity contribution is -0.136. The number of esters is 1. The lowest BCUT2D eigenvalue weighted by Gasteiger charge is -2.29. The average Bonchev–Trinajstić information content (AvgIpc) is 3.22. The lowest BCUT2D eigenvalue weighted by Crippen LogP contribution is -2.29. The molecule has 1 atom stereocenters. The van der Waals surface area contributed by atoms with E-state index >= 15 is 0 Å². The number of benzene rings is 4. The number of rotatable bonds is 5. The zero-order valence-electron chi connectivity index (χ0n) is 20.9. The van der Waals surface area contributed by atoms with E-state index in [4.69, 9.17) is 9.47 Å². The smallest absolute Gasteiger partial charge is 0.336 e. The summed E-state index contributed by atoms with van der Waals surface area (Å²) in [7, 11) is 1.36. The van der Waals surface area contributed by atoms with Gasteiger partial charge in [-0.3, -0.25) is 4.79 Å². The predicted octanol–water partition coefficient (Wildman–Crippen LogP) is 6.76. The molecule has 0 saturated heterocycles. The van der Waals surface area contributed by atoms with Gasteiger partial charge >= 0.3 is 5.97 Å². The molecule has 5 nitrogen and oxygen atoms in total. The molecule has 0 bridgehead atoms. The maximum atomic E-state index is 13.6. The summed E-state index contributed by atoms with van der Waals surface area (Å²) < 4.78 is 12.2. The highest BCUT2D eigenvalue weighted by molar-refractivity contribution is 14.1. The van der Waals surface area contributed by atoms with Gasteiger partial charge in [0.15, 0.2) is 5.78 Å². The van der Waals surface area contributed by atoms with Crippen molar-refractivity contribution in [3.05, 3.63) is 128 Å². The molecule has 0 unspecified atom stereocenters. The van der Waals surface area contributed by atoms with E-state index in [1.165, 1.54) is 17.9 Å². The third kappa shape index (κ3) is 4.09. The zero-order valence-corrected chi connectivity index (χ0v) is 23.0. The second-order valence-electron chi connectivity index (χ2n) is 9.41. The molecule has 0 amide bonds. The molecule has 2 aliphatic rings. The summed E-state index contributed by atoms with van der Waals surface area (Å²) in [4.78, 5) is 26.5. The van der Waals surface area contributed by atoms with E-state index in [9.17, 15) is 9.59 Å². The van der Waals surface area contributed by atoms with Gasteiger partial charge in [0.2, 0.25) is 0 Å². The zero-order chi connectivity index (χ0) is 26.4. The van der Waals surface area contributed by atoms with Crippen molar-refractivity contribution in [1.82, 2.24) is 5.32 Å². The van der Waals surface area contributed by atoms with Crippen LogP contribution in [-0.2, 0) is 16.1 Å². The normalized spacial score (nSPS) is 16.3. The van der Waals surface area contributed by atoms with Crippen LogP contribution in [0.4, 0.5) is 0 Å². The Hall–Kier alpha value is -3.91. The maximum absolute atomic E-state index is 13.6. The van der Waals surface area contributed by atoms with Gasteiger partial charge in [0.1, 0.15) is 12.4 Å². The summed E-state index contributed by atoms with van der Waals surface area (Å²) in [5, 5.41) is 5.69. The van der Waals surface area contributed by atoms with Crippen LogP contribution >= 0.6 is 22.6 Å². The molecule has 6 rings (SSSR count). The summed E-state index contributed by atoms with van der Waals surface area (Å²) in [5.74, 6) is -0.343. The molecule has 1 heterocycles. The van der Waals surface area contributed by atoms with E-state index in [2.05, 4.69) is 58.2 Å². The first kappa shape index (κ1) is 24.4. The van der Waals surface area contributed by atoms with Crippen LogP contribution in [0.15, 0.2) is 102 Å². The van der Waals surface area contributed by atoms with Gasteiger partial charge in [0.25, 0.3) is 0 Å². The first-order valence-electron chi connectivity index (χ1n) is 12.3. The van der Waals surface area contributed by atoms with Gasteiger partial charge in [-0.05, 0) is 69.6 Å². The number of allylic oxidation sites excluding steroid dienone is 2.